The first-order chi connectivity index (χ1) is 14.8. The van der Waals surface area contributed by atoms with Gasteiger partial charge < -0.3 is 9.47 Å². The van der Waals surface area contributed by atoms with Gasteiger partial charge in [0.1, 0.15) is 11.5 Å². The minimum atomic E-state index is -0.0586. The number of rotatable bonds is 4. The topological polar surface area (TPSA) is 43.7 Å². The van der Waals surface area contributed by atoms with Gasteiger partial charge in [0.15, 0.2) is 0 Å². The Kier molecular flexibility index (Phi) is 4.74. The number of hydrogen-bond acceptors (Lipinski definition) is 4. The third-order valence-electron chi connectivity index (χ3n) is 5.25. The number of methoxy groups -OCH3 is 1. The van der Waals surface area contributed by atoms with Crippen molar-refractivity contribution in [3.63, 3.8) is 0 Å². The smallest absolute Gasteiger partial charge is 0.223 e. The first-order valence-corrected chi connectivity index (χ1v) is 9.82. The molecule has 0 saturated heterocycles. The normalized spacial score (nSPS) is 14.6. The van der Waals surface area contributed by atoms with Crippen LogP contribution in [0.1, 0.15) is 28.2 Å². The maximum Gasteiger partial charge on any atom is 0.223 e. The Morgan fingerprint density at radius 2 is 1.67 bits per heavy atom. The highest BCUT2D eigenvalue weighted by molar-refractivity contribution is 5.82. The highest BCUT2D eigenvalue weighted by Gasteiger charge is 2.31. The van der Waals surface area contributed by atoms with Crippen molar-refractivity contribution in [3.05, 3.63) is 113 Å². The van der Waals surface area contributed by atoms with E-state index in [1.54, 1.807) is 13.3 Å². The lowest BCUT2D eigenvalue weighted by atomic mass is 9.83. The Bertz CT molecular complexity index is 1170. The molecule has 2 heterocycles. The predicted molar refractivity (Wildman–Crippen MR) is 118 cm³/mol. The molecule has 1 atom stereocenters. The standard InChI is InChI=1S/C26H20N2O2/c1-29-19-13-14-23(28-17-18-8-3-2-4-9-18)22(16-19)25-20-10-5-6-12-24(20)30-26-21(25)11-7-15-27-26/h2-17,25H,1H3. The molecule has 1 aliphatic rings. The van der Waals surface area contributed by atoms with Crippen molar-refractivity contribution in [2.45, 2.75) is 5.92 Å². The second-order valence-corrected chi connectivity index (χ2v) is 7.06. The number of aromatic nitrogens is 1. The van der Waals surface area contributed by atoms with E-state index in [1.165, 1.54) is 0 Å². The van der Waals surface area contributed by atoms with E-state index in [1.807, 2.05) is 72.9 Å². The van der Waals surface area contributed by atoms with E-state index in [0.717, 1.165) is 39.4 Å². The Morgan fingerprint density at radius 3 is 2.53 bits per heavy atom. The molecule has 1 aliphatic heterocycles. The second-order valence-electron chi connectivity index (χ2n) is 7.06. The van der Waals surface area contributed by atoms with Gasteiger partial charge in [0.05, 0.1) is 12.8 Å². The molecule has 0 saturated carbocycles. The van der Waals surface area contributed by atoms with Gasteiger partial charge in [0.25, 0.3) is 0 Å². The highest BCUT2D eigenvalue weighted by atomic mass is 16.5. The molecule has 4 nitrogen and oxygen atoms in total. The predicted octanol–water partition coefficient (Wildman–Crippen LogP) is 6.13. The Hall–Kier alpha value is -3.92. The minimum absolute atomic E-state index is 0.0586. The SMILES string of the molecule is COc1ccc(N=Cc2ccccc2)c(C2c3ccccc3Oc3ncccc32)c1. The Labute approximate surface area is 175 Å². The molecule has 30 heavy (non-hydrogen) atoms. The molecular formula is C26H20N2O2. The summed E-state index contributed by atoms with van der Waals surface area (Å²) in [5.74, 6) is 2.17. The number of nitrogens with zero attached hydrogens (tertiary/aromatic N) is 2. The molecule has 1 aromatic heterocycles. The first-order valence-electron chi connectivity index (χ1n) is 9.82. The third-order valence-corrected chi connectivity index (χ3v) is 5.25. The molecule has 0 aliphatic carbocycles. The van der Waals surface area contributed by atoms with Gasteiger partial charge >= 0.3 is 0 Å². The van der Waals surface area contributed by atoms with Gasteiger partial charge in [-0.1, -0.05) is 54.6 Å². The number of hydrogen-bond donors (Lipinski definition) is 0. The number of fused-ring (bicyclic) bond motifs is 2. The van der Waals surface area contributed by atoms with Crippen molar-refractivity contribution in [1.29, 1.82) is 0 Å². The zero-order valence-corrected chi connectivity index (χ0v) is 16.5. The molecule has 4 aromatic rings. The summed E-state index contributed by atoms with van der Waals surface area (Å²) >= 11 is 0. The van der Waals surface area contributed by atoms with Crippen LogP contribution in [0, 0.1) is 0 Å². The summed E-state index contributed by atoms with van der Waals surface area (Å²) < 4.78 is 11.6. The molecule has 5 rings (SSSR count). The molecule has 0 N–H and O–H groups in total. The van der Waals surface area contributed by atoms with Crippen LogP contribution in [0.3, 0.4) is 0 Å². The second kappa shape index (κ2) is 7.84. The summed E-state index contributed by atoms with van der Waals surface area (Å²) in [6, 6.07) is 28.2. The van der Waals surface area contributed by atoms with E-state index in [9.17, 15) is 0 Å². The van der Waals surface area contributed by atoms with Crippen LogP contribution in [0.25, 0.3) is 0 Å². The lowest BCUT2D eigenvalue weighted by Gasteiger charge is -2.28. The summed E-state index contributed by atoms with van der Waals surface area (Å²) in [7, 11) is 1.68. The highest BCUT2D eigenvalue weighted by Crippen LogP contribution is 2.48. The first kappa shape index (κ1) is 18.1. The fraction of sp³-hybridized carbons (Fsp3) is 0.0769. The van der Waals surface area contributed by atoms with Gasteiger partial charge in [-0.05, 0) is 41.5 Å². The van der Waals surface area contributed by atoms with Crippen LogP contribution in [0.4, 0.5) is 5.69 Å². The fourth-order valence-corrected chi connectivity index (χ4v) is 3.82. The van der Waals surface area contributed by atoms with Crippen LogP contribution in [0.5, 0.6) is 17.4 Å². The zero-order valence-electron chi connectivity index (χ0n) is 16.5. The number of benzene rings is 3. The monoisotopic (exact) mass is 392 g/mol. The number of pyridine rings is 1. The molecule has 0 bridgehead atoms. The van der Waals surface area contributed by atoms with Crippen molar-refractivity contribution in [1.82, 2.24) is 4.98 Å². The zero-order chi connectivity index (χ0) is 20.3. The largest absolute Gasteiger partial charge is 0.497 e. The molecule has 146 valence electrons. The van der Waals surface area contributed by atoms with Crippen LogP contribution in [-0.2, 0) is 0 Å². The molecule has 4 heteroatoms. The number of aliphatic imine (C=N–C) groups is 1. The van der Waals surface area contributed by atoms with Crippen LogP contribution in [0.15, 0.2) is 96.1 Å². The van der Waals surface area contributed by atoms with Crippen molar-refractivity contribution in [2.24, 2.45) is 4.99 Å². The van der Waals surface area contributed by atoms with Crippen LogP contribution < -0.4 is 9.47 Å². The molecule has 0 amide bonds. The van der Waals surface area contributed by atoms with Gasteiger partial charge in [-0.25, -0.2) is 4.98 Å². The van der Waals surface area contributed by atoms with Crippen molar-refractivity contribution < 1.29 is 9.47 Å². The van der Waals surface area contributed by atoms with Crippen molar-refractivity contribution in [3.8, 4) is 17.4 Å². The number of ether oxygens (including phenoxy) is 2. The van der Waals surface area contributed by atoms with E-state index in [0.29, 0.717) is 5.88 Å². The maximum absolute atomic E-state index is 6.07. The third kappa shape index (κ3) is 3.33. The average Bonchev–Trinajstić information content (AvgIpc) is 2.82. The summed E-state index contributed by atoms with van der Waals surface area (Å²) in [5, 5.41) is 0. The molecule has 0 fully saturated rings. The van der Waals surface area contributed by atoms with Crippen LogP contribution in [-0.4, -0.2) is 18.3 Å². The van der Waals surface area contributed by atoms with E-state index in [4.69, 9.17) is 14.5 Å². The van der Waals surface area contributed by atoms with Crippen LogP contribution in [0.2, 0.25) is 0 Å². The van der Waals surface area contributed by atoms with E-state index in [2.05, 4.69) is 23.2 Å². The lowest BCUT2D eigenvalue weighted by Crippen LogP contribution is -2.12. The van der Waals surface area contributed by atoms with Gasteiger partial charge in [0, 0.05) is 29.5 Å². The summed E-state index contributed by atoms with van der Waals surface area (Å²) in [6.07, 6.45) is 3.64. The average molecular weight is 392 g/mol. The minimum Gasteiger partial charge on any atom is -0.497 e. The quantitative estimate of drug-likeness (QED) is 0.346. The van der Waals surface area contributed by atoms with Gasteiger partial charge in [-0.2, -0.15) is 0 Å². The number of para-hydroxylation sites is 1. The molecule has 3 aromatic carbocycles. The van der Waals surface area contributed by atoms with Crippen molar-refractivity contribution >= 4 is 11.9 Å². The van der Waals surface area contributed by atoms with E-state index >= 15 is 0 Å². The Balaban J connectivity index is 1.69. The van der Waals surface area contributed by atoms with Gasteiger partial charge in [-0.3, -0.25) is 4.99 Å². The molecule has 0 spiro atoms. The summed E-state index contributed by atoms with van der Waals surface area (Å²) in [5.41, 5.74) is 5.08. The molecular weight excluding hydrogens is 372 g/mol. The Morgan fingerprint density at radius 1 is 0.867 bits per heavy atom. The van der Waals surface area contributed by atoms with Gasteiger partial charge in [0.2, 0.25) is 5.88 Å². The van der Waals surface area contributed by atoms with Crippen LogP contribution >= 0.6 is 0 Å². The van der Waals surface area contributed by atoms with E-state index in [-0.39, 0.29) is 5.92 Å². The van der Waals surface area contributed by atoms with Gasteiger partial charge in [-0.15, -0.1) is 0 Å². The summed E-state index contributed by atoms with van der Waals surface area (Å²) in [6.45, 7) is 0. The molecule has 0 radical (unpaired) electrons. The fourth-order valence-electron chi connectivity index (χ4n) is 3.82. The maximum atomic E-state index is 6.07. The summed E-state index contributed by atoms with van der Waals surface area (Å²) in [4.78, 5) is 9.30. The van der Waals surface area contributed by atoms with Crippen molar-refractivity contribution in [2.75, 3.05) is 7.11 Å². The molecule has 1 unspecified atom stereocenters. The van der Waals surface area contributed by atoms with E-state index < -0.39 is 0 Å². The lowest BCUT2D eigenvalue weighted by molar-refractivity contribution is 0.413.